The number of oxime groups is 1. The van der Waals surface area contributed by atoms with Crippen molar-refractivity contribution < 1.29 is 5.21 Å². The molecule has 1 fully saturated rings. The van der Waals surface area contributed by atoms with Crippen LogP contribution in [0, 0.1) is 0 Å². The average molecular weight is 331 g/mol. The van der Waals surface area contributed by atoms with E-state index in [1.54, 1.807) is 6.07 Å². The third-order valence-corrected chi connectivity index (χ3v) is 4.78. The van der Waals surface area contributed by atoms with Crippen molar-refractivity contribution in [1.82, 2.24) is 9.80 Å². The zero-order chi connectivity index (χ0) is 15.4. The van der Waals surface area contributed by atoms with Crippen LogP contribution in [0.1, 0.15) is 12.5 Å². The van der Waals surface area contributed by atoms with Crippen LogP contribution in [-0.4, -0.2) is 53.1 Å². The topological polar surface area (TPSA) is 65.1 Å². The van der Waals surface area contributed by atoms with E-state index < -0.39 is 0 Å². The van der Waals surface area contributed by atoms with Crippen LogP contribution >= 0.6 is 23.2 Å². The second-order valence-electron chi connectivity index (χ2n) is 5.23. The molecule has 0 saturated carbocycles. The Hall–Kier alpha value is -1.01. The quantitative estimate of drug-likeness (QED) is 0.384. The van der Waals surface area contributed by atoms with E-state index in [1.807, 2.05) is 19.1 Å². The van der Waals surface area contributed by atoms with E-state index in [1.165, 1.54) is 0 Å². The van der Waals surface area contributed by atoms with Crippen molar-refractivity contribution in [2.75, 3.05) is 26.2 Å². The number of benzene rings is 1. The number of rotatable bonds is 4. The van der Waals surface area contributed by atoms with Crippen LogP contribution in [-0.2, 0) is 6.54 Å². The minimum Gasteiger partial charge on any atom is -0.409 e. The summed E-state index contributed by atoms with van der Waals surface area (Å²) in [4.78, 5) is 4.53. The van der Waals surface area contributed by atoms with Gasteiger partial charge in [-0.3, -0.25) is 9.80 Å². The normalized spacial score (nSPS) is 19.7. The molecule has 1 atom stereocenters. The minimum absolute atomic E-state index is 0.0492. The lowest BCUT2D eigenvalue weighted by Crippen LogP contribution is -2.52. The molecule has 1 saturated heterocycles. The molecule has 0 radical (unpaired) electrons. The van der Waals surface area contributed by atoms with Gasteiger partial charge < -0.3 is 10.9 Å². The predicted molar refractivity (Wildman–Crippen MR) is 86.2 cm³/mol. The van der Waals surface area contributed by atoms with Gasteiger partial charge in [0.15, 0.2) is 5.84 Å². The van der Waals surface area contributed by atoms with Crippen molar-refractivity contribution in [1.29, 1.82) is 0 Å². The molecule has 116 valence electrons. The van der Waals surface area contributed by atoms with E-state index in [-0.39, 0.29) is 11.9 Å². The first-order chi connectivity index (χ1) is 10.0. The Morgan fingerprint density at radius 1 is 1.33 bits per heavy atom. The number of piperazine rings is 1. The first-order valence-electron chi connectivity index (χ1n) is 6.89. The SMILES string of the molecule is CC(/C(N)=N/O)N1CCN(Cc2cccc(Cl)c2Cl)CC1. The molecule has 2 rings (SSSR count). The van der Waals surface area contributed by atoms with E-state index in [0.29, 0.717) is 10.0 Å². The third kappa shape index (κ3) is 4.01. The van der Waals surface area contributed by atoms with E-state index in [9.17, 15) is 0 Å². The second kappa shape index (κ2) is 7.31. The summed E-state index contributed by atoms with van der Waals surface area (Å²) in [5, 5.41) is 13.0. The van der Waals surface area contributed by atoms with Crippen LogP contribution in [0.15, 0.2) is 23.4 Å². The standard InChI is InChI=1S/C14H20Cl2N4O/c1-10(14(17)18-21)20-7-5-19(6-8-20)9-11-3-2-4-12(15)13(11)16/h2-4,10,21H,5-9H2,1H3,(H2,17,18). The lowest BCUT2D eigenvalue weighted by atomic mass is 10.1. The van der Waals surface area contributed by atoms with Crippen LogP contribution in [0.5, 0.6) is 0 Å². The Morgan fingerprint density at radius 2 is 2.00 bits per heavy atom. The van der Waals surface area contributed by atoms with Gasteiger partial charge in [0.1, 0.15) is 0 Å². The summed E-state index contributed by atoms with van der Waals surface area (Å²) in [6, 6.07) is 5.66. The zero-order valence-electron chi connectivity index (χ0n) is 12.0. The molecule has 1 aromatic rings. The molecule has 1 unspecified atom stereocenters. The monoisotopic (exact) mass is 330 g/mol. The highest BCUT2D eigenvalue weighted by Gasteiger charge is 2.23. The maximum atomic E-state index is 8.74. The molecule has 0 aliphatic carbocycles. The first kappa shape index (κ1) is 16.4. The van der Waals surface area contributed by atoms with Gasteiger partial charge in [-0.2, -0.15) is 0 Å². The summed E-state index contributed by atoms with van der Waals surface area (Å²) < 4.78 is 0. The predicted octanol–water partition coefficient (Wildman–Crippen LogP) is 2.25. The number of halogens is 2. The summed E-state index contributed by atoms with van der Waals surface area (Å²) in [6.45, 7) is 6.28. The largest absolute Gasteiger partial charge is 0.409 e. The van der Waals surface area contributed by atoms with Gasteiger partial charge in [0.05, 0.1) is 16.1 Å². The van der Waals surface area contributed by atoms with Gasteiger partial charge in [0.25, 0.3) is 0 Å². The van der Waals surface area contributed by atoms with Gasteiger partial charge in [0.2, 0.25) is 0 Å². The number of hydrogen-bond acceptors (Lipinski definition) is 4. The summed E-state index contributed by atoms with van der Waals surface area (Å²) in [5.41, 5.74) is 6.70. The van der Waals surface area contributed by atoms with E-state index in [2.05, 4.69) is 15.0 Å². The highest BCUT2D eigenvalue weighted by Crippen LogP contribution is 2.26. The Labute approximate surface area is 134 Å². The van der Waals surface area contributed by atoms with Crippen LogP contribution in [0.3, 0.4) is 0 Å². The van der Waals surface area contributed by atoms with Gasteiger partial charge in [-0.15, -0.1) is 0 Å². The molecule has 1 aromatic carbocycles. The van der Waals surface area contributed by atoms with Crippen molar-refractivity contribution in [2.45, 2.75) is 19.5 Å². The molecular formula is C14H20Cl2N4O. The molecule has 1 aliphatic rings. The molecule has 1 heterocycles. The molecule has 0 bridgehead atoms. The van der Waals surface area contributed by atoms with Crippen LogP contribution < -0.4 is 5.73 Å². The molecule has 5 nitrogen and oxygen atoms in total. The molecule has 1 aliphatic heterocycles. The van der Waals surface area contributed by atoms with Gasteiger partial charge in [-0.1, -0.05) is 40.5 Å². The first-order valence-corrected chi connectivity index (χ1v) is 7.65. The van der Waals surface area contributed by atoms with E-state index in [0.717, 1.165) is 38.3 Å². The molecule has 3 N–H and O–H groups in total. The second-order valence-corrected chi connectivity index (χ2v) is 6.01. The smallest absolute Gasteiger partial charge is 0.156 e. The van der Waals surface area contributed by atoms with Crippen LogP contribution in [0.2, 0.25) is 10.0 Å². The van der Waals surface area contributed by atoms with Gasteiger partial charge in [0, 0.05) is 32.7 Å². The van der Waals surface area contributed by atoms with Crippen molar-refractivity contribution in [3.05, 3.63) is 33.8 Å². The third-order valence-electron chi connectivity index (χ3n) is 3.92. The number of amidine groups is 1. The molecule has 7 heteroatoms. The Morgan fingerprint density at radius 3 is 2.62 bits per heavy atom. The van der Waals surface area contributed by atoms with Crippen LogP contribution in [0.4, 0.5) is 0 Å². The highest BCUT2D eigenvalue weighted by molar-refractivity contribution is 6.42. The molecule has 21 heavy (non-hydrogen) atoms. The number of nitrogens with two attached hydrogens (primary N) is 1. The molecule has 0 amide bonds. The van der Waals surface area contributed by atoms with Crippen molar-refractivity contribution >= 4 is 29.0 Å². The fraction of sp³-hybridized carbons (Fsp3) is 0.500. The lowest BCUT2D eigenvalue weighted by Gasteiger charge is -2.37. The summed E-state index contributed by atoms with van der Waals surface area (Å²) in [5.74, 6) is 0.251. The van der Waals surface area contributed by atoms with E-state index >= 15 is 0 Å². The fourth-order valence-corrected chi connectivity index (χ4v) is 2.87. The minimum atomic E-state index is -0.0492. The van der Waals surface area contributed by atoms with E-state index in [4.69, 9.17) is 34.1 Å². The van der Waals surface area contributed by atoms with Crippen molar-refractivity contribution in [3.8, 4) is 0 Å². The summed E-state index contributed by atoms with van der Waals surface area (Å²) in [6.07, 6.45) is 0. The Balaban J connectivity index is 1.91. The zero-order valence-corrected chi connectivity index (χ0v) is 13.5. The Bertz CT molecular complexity index is 516. The van der Waals surface area contributed by atoms with Gasteiger partial charge in [-0.05, 0) is 18.6 Å². The fourth-order valence-electron chi connectivity index (χ4n) is 2.49. The number of nitrogens with zero attached hydrogens (tertiary/aromatic N) is 3. The number of hydrogen-bond donors (Lipinski definition) is 2. The van der Waals surface area contributed by atoms with Crippen molar-refractivity contribution in [2.24, 2.45) is 10.9 Å². The maximum absolute atomic E-state index is 8.74. The lowest BCUT2D eigenvalue weighted by molar-refractivity contribution is 0.116. The summed E-state index contributed by atoms with van der Waals surface area (Å²) in [7, 11) is 0. The molecule has 0 spiro atoms. The molecular weight excluding hydrogens is 311 g/mol. The maximum Gasteiger partial charge on any atom is 0.156 e. The Kier molecular flexibility index (Phi) is 5.70. The highest BCUT2D eigenvalue weighted by atomic mass is 35.5. The van der Waals surface area contributed by atoms with Gasteiger partial charge in [-0.25, -0.2) is 0 Å². The van der Waals surface area contributed by atoms with Crippen molar-refractivity contribution in [3.63, 3.8) is 0 Å². The van der Waals surface area contributed by atoms with Gasteiger partial charge >= 0.3 is 0 Å². The molecule has 0 aromatic heterocycles. The summed E-state index contributed by atoms with van der Waals surface area (Å²) >= 11 is 12.3. The van der Waals surface area contributed by atoms with Crippen LogP contribution in [0.25, 0.3) is 0 Å². The average Bonchev–Trinajstić information content (AvgIpc) is 2.51.